The Kier molecular flexibility index (Phi) is 2.97. The molecule has 1 aromatic carbocycles. The number of carbonyl (C=O) groups excluding carboxylic acids is 1. The highest BCUT2D eigenvalue weighted by molar-refractivity contribution is 6.31. The second-order valence-electron chi connectivity index (χ2n) is 5.33. The van der Waals surface area contributed by atoms with E-state index in [9.17, 15) is 4.79 Å². The van der Waals surface area contributed by atoms with Gasteiger partial charge in [-0.1, -0.05) is 23.7 Å². The molecule has 1 aromatic rings. The SMILES string of the molecule is Cc1ccc(C2C(N)=NC(=O)N2CC2CC2)cc1Cl. The van der Waals surface area contributed by atoms with E-state index in [4.69, 9.17) is 17.3 Å². The molecule has 0 bridgehead atoms. The lowest BCUT2D eigenvalue weighted by Gasteiger charge is -2.24. The number of halogens is 1. The summed E-state index contributed by atoms with van der Waals surface area (Å²) in [7, 11) is 0. The summed E-state index contributed by atoms with van der Waals surface area (Å²) in [5, 5.41) is 0.691. The number of hydrogen-bond donors (Lipinski definition) is 1. The van der Waals surface area contributed by atoms with E-state index < -0.39 is 0 Å². The topological polar surface area (TPSA) is 58.7 Å². The highest BCUT2D eigenvalue weighted by Crippen LogP contribution is 2.36. The van der Waals surface area contributed by atoms with Gasteiger partial charge in [0.25, 0.3) is 0 Å². The van der Waals surface area contributed by atoms with Crippen molar-refractivity contribution in [3.8, 4) is 0 Å². The fourth-order valence-corrected chi connectivity index (χ4v) is 2.59. The number of carbonyl (C=O) groups is 1. The fourth-order valence-electron chi connectivity index (χ4n) is 2.40. The summed E-state index contributed by atoms with van der Waals surface area (Å²) < 4.78 is 0. The fraction of sp³-hybridized carbons (Fsp3) is 0.429. The lowest BCUT2D eigenvalue weighted by atomic mass is 10.0. The van der Waals surface area contributed by atoms with Gasteiger partial charge in [-0.3, -0.25) is 0 Å². The number of hydrogen-bond acceptors (Lipinski definition) is 2. The molecule has 0 saturated heterocycles. The lowest BCUT2D eigenvalue weighted by molar-refractivity contribution is 0.204. The van der Waals surface area contributed by atoms with E-state index in [1.807, 2.05) is 25.1 Å². The molecule has 5 heteroatoms. The van der Waals surface area contributed by atoms with Crippen LogP contribution in [-0.4, -0.2) is 23.3 Å². The average molecular weight is 278 g/mol. The quantitative estimate of drug-likeness (QED) is 0.923. The Hall–Kier alpha value is -1.55. The van der Waals surface area contributed by atoms with Crippen molar-refractivity contribution < 1.29 is 4.79 Å². The zero-order chi connectivity index (χ0) is 13.6. The number of aryl methyl sites for hydroxylation is 1. The first-order valence-corrected chi connectivity index (χ1v) is 6.85. The van der Waals surface area contributed by atoms with E-state index in [0.717, 1.165) is 17.7 Å². The molecular weight excluding hydrogens is 262 g/mol. The highest BCUT2D eigenvalue weighted by Gasteiger charge is 2.38. The van der Waals surface area contributed by atoms with E-state index >= 15 is 0 Å². The Balaban J connectivity index is 1.92. The van der Waals surface area contributed by atoms with Crippen LogP contribution in [0.15, 0.2) is 23.2 Å². The lowest BCUT2D eigenvalue weighted by Crippen LogP contribution is -2.34. The minimum atomic E-state index is -0.258. The van der Waals surface area contributed by atoms with Gasteiger partial charge in [0.05, 0.1) is 0 Å². The molecule has 1 atom stereocenters. The van der Waals surface area contributed by atoms with Crippen LogP contribution >= 0.6 is 11.6 Å². The Morgan fingerprint density at radius 1 is 1.47 bits per heavy atom. The first kappa shape index (κ1) is 12.5. The molecule has 0 radical (unpaired) electrons. The Morgan fingerprint density at radius 2 is 2.21 bits per heavy atom. The average Bonchev–Trinajstić information content (AvgIpc) is 3.11. The predicted octanol–water partition coefficient (Wildman–Crippen LogP) is 2.89. The summed E-state index contributed by atoms with van der Waals surface area (Å²) >= 11 is 6.16. The molecule has 19 heavy (non-hydrogen) atoms. The van der Waals surface area contributed by atoms with Crippen molar-refractivity contribution in [3.63, 3.8) is 0 Å². The molecule has 0 spiro atoms. The van der Waals surface area contributed by atoms with Crippen molar-refractivity contribution in [2.75, 3.05) is 6.54 Å². The van der Waals surface area contributed by atoms with Crippen LogP contribution in [0.4, 0.5) is 4.79 Å². The van der Waals surface area contributed by atoms with Crippen LogP contribution in [0.2, 0.25) is 5.02 Å². The number of nitrogens with two attached hydrogens (primary N) is 1. The first-order chi connectivity index (χ1) is 9.06. The van der Waals surface area contributed by atoms with Gasteiger partial charge in [0.2, 0.25) is 0 Å². The smallest absolute Gasteiger partial charge is 0.346 e. The van der Waals surface area contributed by atoms with Crippen molar-refractivity contribution in [2.24, 2.45) is 16.6 Å². The van der Waals surface area contributed by atoms with Gasteiger partial charge < -0.3 is 10.6 Å². The minimum absolute atomic E-state index is 0.230. The number of nitrogens with zero attached hydrogens (tertiary/aromatic N) is 2. The van der Waals surface area contributed by atoms with Gasteiger partial charge in [-0.25, -0.2) is 4.79 Å². The van der Waals surface area contributed by atoms with Crippen molar-refractivity contribution in [3.05, 3.63) is 34.3 Å². The molecule has 1 aliphatic heterocycles. The van der Waals surface area contributed by atoms with E-state index in [0.29, 0.717) is 16.8 Å². The van der Waals surface area contributed by atoms with E-state index in [1.165, 1.54) is 12.8 Å². The van der Waals surface area contributed by atoms with Gasteiger partial charge in [0, 0.05) is 11.6 Å². The van der Waals surface area contributed by atoms with Gasteiger partial charge in [-0.05, 0) is 42.9 Å². The monoisotopic (exact) mass is 277 g/mol. The molecule has 0 aromatic heterocycles. The molecule has 4 nitrogen and oxygen atoms in total. The molecule has 1 unspecified atom stereocenters. The first-order valence-electron chi connectivity index (χ1n) is 6.47. The maximum absolute atomic E-state index is 11.9. The normalized spacial score (nSPS) is 22.8. The van der Waals surface area contributed by atoms with E-state index in [2.05, 4.69) is 4.99 Å². The van der Waals surface area contributed by atoms with Crippen LogP contribution in [0.25, 0.3) is 0 Å². The second kappa shape index (κ2) is 4.53. The van der Waals surface area contributed by atoms with E-state index in [1.54, 1.807) is 4.90 Å². The van der Waals surface area contributed by atoms with Gasteiger partial charge in [-0.15, -0.1) is 0 Å². The molecule has 3 rings (SSSR count). The summed E-state index contributed by atoms with van der Waals surface area (Å²) in [6.45, 7) is 2.69. The summed E-state index contributed by atoms with van der Waals surface area (Å²) in [5.41, 5.74) is 7.87. The van der Waals surface area contributed by atoms with Crippen LogP contribution in [0, 0.1) is 12.8 Å². The zero-order valence-corrected chi connectivity index (χ0v) is 11.5. The Labute approximate surface area is 117 Å². The molecule has 1 saturated carbocycles. The summed E-state index contributed by atoms with van der Waals surface area (Å²) in [6.07, 6.45) is 2.37. The number of rotatable bonds is 3. The number of aliphatic imine (C=N–C) groups is 1. The van der Waals surface area contributed by atoms with Gasteiger partial charge in [-0.2, -0.15) is 4.99 Å². The predicted molar refractivity (Wildman–Crippen MR) is 75.4 cm³/mol. The molecule has 1 fully saturated rings. The largest absolute Gasteiger partial charge is 0.385 e. The van der Waals surface area contributed by atoms with Gasteiger partial charge in [0.1, 0.15) is 11.9 Å². The van der Waals surface area contributed by atoms with Crippen molar-refractivity contribution >= 4 is 23.5 Å². The molecule has 2 aliphatic rings. The summed E-state index contributed by atoms with van der Waals surface area (Å²) in [6, 6.07) is 5.30. The number of benzene rings is 1. The number of amides is 2. The molecule has 2 amide bonds. The van der Waals surface area contributed by atoms with Crippen LogP contribution in [-0.2, 0) is 0 Å². The van der Waals surface area contributed by atoms with Crippen LogP contribution < -0.4 is 5.73 Å². The molecule has 1 aliphatic carbocycles. The third kappa shape index (κ3) is 2.32. The van der Waals surface area contributed by atoms with Crippen LogP contribution in [0.1, 0.15) is 30.0 Å². The molecule has 2 N–H and O–H groups in total. The van der Waals surface area contributed by atoms with Gasteiger partial charge in [0.15, 0.2) is 0 Å². The van der Waals surface area contributed by atoms with Crippen LogP contribution in [0.3, 0.4) is 0 Å². The number of amidine groups is 1. The number of urea groups is 1. The Bertz CT molecular complexity index is 566. The van der Waals surface area contributed by atoms with Crippen molar-refractivity contribution in [1.82, 2.24) is 4.90 Å². The second-order valence-corrected chi connectivity index (χ2v) is 5.73. The Morgan fingerprint density at radius 3 is 2.84 bits per heavy atom. The highest BCUT2D eigenvalue weighted by atomic mass is 35.5. The van der Waals surface area contributed by atoms with Crippen LogP contribution in [0.5, 0.6) is 0 Å². The maximum atomic E-state index is 11.9. The molecule has 100 valence electrons. The zero-order valence-electron chi connectivity index (χ0n) is 10.8. The third-order valence-electron chi connectivity index (χ3n) is 3.73. The van der Waals surface area contributed by atoms with Crippen molar-refractivity contribution in [1.29, 1.82) is 0 Å². The summed E-state index contributed by atoms with van der Waals surface area (Å²) in [5.74, 6) is 0.971. The minimum Gasteiger partial charge on any atom is -0.385 e. The standard InChI is InChI=1S/C14H16ClN3O/c1-8-2-5-10(6-11(8)15)12-13(16)17-14(19)18(12)7-9-3-4-9/h2,5-6,9,12H,3-4,7H2,1H3,(H2,16,17,19). The summed E-state index contributed by atoms with van der Waals surface area (Å²) in [4.78, 5) is 17.6. The van der Waals surface area contributed by atoms with Crippen molar-refractivity contribution in [2.45, 2.75) is 25.8 Å². The maximum Gasteiger partial charge on any atom is 0.346 e. The third-order valence-corrected chi connectivity index (χ3v) is 4.13. The van der Waals surface area contributed by atoms with Gasteiger partial charge >= 0.3 is 6.03 Å². The van der Waals surface area contributed by atoms with E-state index in [-0.39, 0.29) is 12.1 Å². The molecule has 1 heterocycles. The molecular formula is C14H16ClN3O.